The molecule has 1 atom stereocenters. The van der Waals surface area contributed by atoms with Gasteiger partial charge in [0.15, 0.2) is 0 Å². The van der Waals surface area contributed by atoms with Crippen LogP contribution in [0.15, 0.2) is 31.0 Å². The van der Waals surface area contributed by atoms with Crippen LogP contribution in [-0.4, -0.2) is 43.8 Å². The summed E-state index contributed by atoms with van der Waals surface area (Å²) in [6, 6.07) is 4.06. The minimum Gasteiger partial charge on any atom is -0.322 e. The Morgan fingerprint density at radius 3 is 2.87 bits per heavy atom. The zero-order valence-corrected chi connectivity index (χ0v) is 12.9. The van der Waals surface area contributed by atoms with E-state index >= 15 is 0 Å². The number of carbonyl (C=O) groups is 1. The average Bonchev–Trinajstić information content (AvgIpc) is 3.29. The summed E-state index contributed by atoms with van der Waals surface area (Å²) in [5.74, 6) is 1.29. The minimum absolute atomic E-state index is 0.0958. The van der Waals surface area contributed by atoms with Gasteiger partial charge in [0.2, 0.25) is 0 Å². The fourth-order valence-electron chi connectivity index (χ4n) is 3.09. The van der Waals surface area contributed by atoms with Crippen molar-refractivity contribution in [2.75, 3.05) is 18.4 Å². The van der Waals surface area contributed by atoms with Gasteiger partial charge in [0.05, 0.1) is 6.04 Å². The molecule has 7 nitrogen and oxygen atoms in total. The number of hydrogen-bond donors (Lipinski definition) is 1. The number of aromatic nitrogens is 4. The van der Waals surface area contributed by atoms with Gasteiger partial charge < -0.3 is 4.90 Å². The lowest BCUT2D eigenvalue weighted by atomic mass is 10.1. The summed E-state index contributed by atoms with van der Waals surface area (Å²) in [6.45, 7) is 1.41. The summed E-state index contributed by atoms with van der Waals surface area (Å²) in [5.41, 5.74) is 1.27. The third-order valence-corrected chi connectivity index (χ3v) is 4.56. The second kappa shape index (κ2) is 5.98. The molecule has 1 N–H and O–H groups in total. The predicted molar refractivity (Wildman–Crippen MR) is 85.1 cm³/mol. The molecule has 23 heavy (non-hydrogen) atoms. The van der Waals surface area contributed by atoms with E-state index in [1.54, 1.807) is 6.33 Å². The number of piperidine rings is 1. The highest BCUT2D eigenvalue weighted by Gasteiger charge is 2.26. The summed E-state index contributed by atoms with van der Waals surface area (Å²) in [6.07, 6.45) is 9.61. The molecule has 7 heteroatoms. The van der Waals surface area contributed by atoms with E-state index in [9.17, 15) is 4.79 Å². The van der Waals surface area contributed by atoms with Crippen molar-refractivity contribution in [1.29, 1.82) is 0 Å². The number of rotatable bonds is 3. The van der Waals surface area contributed by atoms with Gasteiger partial charge in [-0.25, -0.2) is 19.4 Å². The van der Waals surface area contributed by atoms with Gasteiger partial charge >= 0.3 is 6.03 Å². The number of amides is 2. The van der Waals surface area contributed by atoms with Crippen molar-refractivity contribution in [3.8, 4) is 0 Å². The smallest absolute Gasteiger partial charge is 0.322 e. The van der Waals surface area contributed by atoms with Crippen LogP contribution < -0.4 is 5.32 Å². The summed E-state index contributed by atoms with van der Waals surface area (Å²) in [4.78, 5) is 22.6. The van der Waals surface area contributed by atoms with E-state index < -0.39 is 0 Å². The lowest BCUT2D eigenvalue weighted by molar-refractivity contribution is 0.174. The van der Waals surface area contributed by atoms with Gasteiger partial charge in [-0.15, -0.1) is 0 Å². The lowest BCUT2D eigenvalue weighted by Gasteiger charge is -2.32. The van der Waals surface area contributed by atoms with E-state index in [1.165, 1.54) is 24.7 Å². The highest BCUT2D eigenvalue weighted by molar-refractivity contribution is 5.88. The highest BCUT2D eigenvalue weighted by atomic mass is 16.2. The molecule has 1 unspecified atom stereocenters. The molecule has 3 heterocycles. The monoisotopic (exact) mass is 312 g/mol. The fourth-order valence-corrected chi connectivity index (χ4v) is 3.09. The topological polar surface area (TPSA) is 75.9 Å². The first-order chi connectivity index (χ1) is 11.3. The van der Waals surface area contributed by atoms with Crippen LogP contribution in [0.25, 0.3) is 0 Å². The molecule has 0 aromatic carbocycles. The van der Waals surface area contributed by atoms with Crippen LogP contribution in [0.1, 0.15) is 43.2 Å². The molecule has 4 rings (SSSR count). The van der Waals surface area contributed by atoms with Gasteiger partial charge in [0, 0.05) is 19.3 Å². The minimum atomic E-state index is -0.0958. The predicted octanol–water partition coefficient (Wildman–Crippen LogP) is 2.42. The standard InChI is InChI=1S/C16H20N6O/c23-16(20-15-6-5-13(8-18-15)12-3-4-12)21-7-1-2-14(9-21)22-11-17-10-19-22/h5-6,8,10-12,14H,1-4,7,9H2,(H,18,20,23). The van der Waals surface area contributed by atoms with Crippen molar-refractivity contribution < 1.29 is 4.79 Å². The Balaban J connectivity index is 1.38. The molecule has 1 saturated carbocycles. The van der Waals surface area contributed by atoms with Gasteiger partial charge in [-0.2, -0.15) is 5.10 Å². The number of nitrogens with one attached hydrogen (secondary N) is 1. The van der Waals surface area contributed by atoms with E-state index in [0.717, 1.165) is 19.4 Å². The molecular weight excluding hydrogens is 292 g/mol. The Bertz CT molecular complexity index is 664. The zero-order chi connectivity index (χ0) is 15.6. The molecule has 0 bridgehead atoms. The van der Waals surface area contributed by atoms with Crippen LogP contribution in [0, 0.1) is 0 Å². The van der Waals surface area contributed by atoms with Crippen LogP contribution in [0.2, 0.25) is 0 Å². The van der Waals surface area contributed by atoms with Gasteiger partial charge in [-0.05, 0) is 43.2 Å². The molecule has 2 aliphatic rings. The maximum atomic E-state index is 12.4. The number of carbonyl (C=O) groups excluding carboxylic acids is 1. The normalized spacial score (nSPS) is 21.2. The van der Waals surface area contributed by atoms with Crippen molar-refractivity contribution in [2.24, 2.45) is 0 Å². The summed E-state index contributed by atoms with van der Waals surface area (Å²) >= 11 is 0. The van der Waals surface area contributed by atoms with Gasteiger partial charge in [0.1, 0.15) is 18.5 Å². The Hall–Kier alpha value is -2.44. The molecule has 0 radical (unpaired) electrons. The number of likely N-dealkylation sites (tertiary alicyclic amines) is 1. The Morgan fingerprint density at radius 1 is 1.26 bits per heavy atom. The van der Waals surface area contributed by atoms with E-state index in [-0.39, 0.29) is 12.1 Å². The number of anilines is 1. The second-order valence-corrected chi connectivity index (χ2v) is 6.30. The van der Waals surface area contributed by atoms with E-state index in [2.05, 4.69) is 26.4 Å². The molecule has 2 fully saturated rings. The van der Waals surface area contributed by atoms with Gasteiger partial charge in [0.25, 0.3) is 0 Å². The van der Waals surface area contributed by atoms with Crippen molar-refractivity contribution in [2.45, 2.75) is 37.6 Å². The second-order valence-electron chi connectivity index (χ2n) is 6.30. The van der Waals surface area contributed by atoms with Crippen LogP contribution in [0.3, 0.4) is 0 Å². The fraction of sp³-hybridized carbons (Fsp3) is 0.500. The molecule has 2 aromatic rings. The van der Waals surface area contributed by atoms with Gasteiger partial charge in [-0.3, -0.25) is 5.32 Å². The van der Waals surface area contributed by atoms with Gasteiger partial charge in [-0.1, -0.05) is 6.07 Å². The number of nitrogens with zero attached hydrogens (tertiary/aromatic N) is 5. The quantitative estimate of drug-likeness (QED) is 0.944. The third-order valence-electron chi connectivity index (χ3n) is 4.56. The summed E-state index contributed by atoms with van der Waals surface area (Å²) in [5, 5.41) is 7.08. The molecular formula is C16H20N6O. The number of urea groups is 1. The number of hydrogen-bond acceptors (Lipinski definition) is 4. The maximum Gasteiger partial charge on any atom is 0.323 e. The van der Waals surface area contributed by atoms with Crippen LogP contribution in [-0.2, 0) is 0 Å². The Kier molecular flexibility index (Phi) is 3.69. The largest absolute Gasteiger partial charge is 0.323 e. The van der Waals surface area contributed by atoms with Crippen LogP contribution >= 0.6 is 0 Å². The van der Waals surface area contributed by atoms with E-state index in [1.807, 2.05) is 21.8 Å². The van der Waals surface area contributed by atoms with Crippen molar-refractivity contribution in [3.05, 3.63) is 36.5 Å². The summed E-state index contributed by atoms with van der Waals surface area (Å²) < 4.78 is 1.84. The Morgan fingerprint density at radius 2 is 2.17 bits per heavy atom. The molecule has 2 aromatic heterocycles. The van der Waals surface area contributed by atoms with Crippen LogP contribution in [0.4, 0.5) is 10.6 Å². The number of pyridine rings is 1. The first kappa shape index (κ1) is 14.2. The average molecular weight is 312 g/mol. The molecule has 1 saturated heterocycles. The Labute approximate surface area is 134 Å². The van der Waals surface area contributed by atoms with Crippen molar-refractivity contribution in [3.63, 3.8) is 0 Å². The van der Waals surface area contributed by atoms with Crippen LogP contribution in [0.5, 0.6) is 0 Å². The first-order valence-corrected chi connectivity index (χ1v) is 8.15. The molecule has 1 aliphatic carbocycles. The third kappa shape index (κ3) is 3.18. The lowest BCUT2D eigenvalue weighted by Crippen LogP contribution is -2.43. The van der Waals surface area contributed by atoms with E-state index in [4.69, 9.17) is 0 Å². The highest BCUT2D eigenvalue weighted by Crippen LogP contribution is 2.39. The molecule has 1 aliphatic heterocycles. The molecule has 2 amide bonds. The van der Waals surface area contributed by atoms with Crippen molar-refractivity contribution in [1.82, 2.24) is 24.6 Å². The SMILES string of the molecule is O=C(Nc1ccc(C2CC2)cn1)N1CCCC(n2cncn2)C1. The van der Waals surface area contributed by atoms with E-state index in [0.29, 0.717) is 18.3 Å². The van der Waals surface area contributed by atoms with Crippen molar-refractivity contribution >= 4 is 11.8 Å². The first-order valence-electron chi connectivity index (χ1n) is 8.15. The molecule has 0 spiro atoms. The molecule has 120 valence electrons. The summed E-state index contributed by atoms with van der Waals surface area (Å²) in [7, 11) is 0. The zero-order valence-electron chi connectivity index (χ0n) is 12.9. The maximum absolute atomic E-state index is 12.4.